The highest BCUT2D eigenvalue weighted by atomic mass is 16.2. The number of carbonyl (C=O) groups is 2. The summed E-state index contributed by atoms with van der Waals surface area (Å²) >= 11 is 0. The van der Waals surface area contributed by atoms with Gasteiger partial charge in [-0.25, -0.2) is 0 Å². The van der Waals surface area contributed by atoms with Crippen LogP contribution in [-0.2, 0) is 11.3 Å². The van der Waals surface area contributed by atoms with Crippen molar-refractivity contribution in [3.05, 3.63) is 64.7 Å². The van der Waals surface area contributed by atoms with Crippen LogP contribution in [0.5, 0.6) is 0 Å². The molecule has 0 aliphatic heterocycles. The first kappa shape index (κ1) is 16.2. The summed E-state index contributed by atoms with van der Waals surface area (Å²) in [6.45, 7) is 4.58. The molecule has 24 heavy (non-hydrogen) atoms. The van der Waals surface area contributed by atoms with Crippen LogP contribution in [0, 0.1) is 19.8 Å². The van der Waals surface area contributed by atoms with Gasteiger partial charge in [-0.2, -0.15) is 0 Å². The summed E-state index contributed by atoms with van der Waals surface area (Å²) in [5.41, 5.74) is 4.74. The molecule has 124 valence electrons. The first-order valence-corrected chi connectivity index (χ1v) is 8.28. The summed E-state index contributed by atoms with van der Waals surface area (Å²) < 4.78 is 0. The number of carbonyl (C=O) groups excluding carboxylic acids is 2. The molecule has 0 heterocycles. The molecular weight excluding hydrogens is 300 g/mol. The normalized spacial score (nSPS) is 13.4. The van der Waals surface area contributed by atoms with Crippen molar-refractivity contribution in [2.75, 3.05) is 5.32 Å². The second-order valence-electron chi connectivity index (χ2n) is 6.44. The van der Waals surface area contributed by atoms with Gasteiger partial charge < -0.3 is 10.6 Å². The first-order valence-electron chi connectivity index (χ1n) is 8.28. The quantitative estimate of drug-likeness (QED) is 0.884. The van der Waals surface area contributed by atoms with Crippen LogP contribution in [0.3, 0.4) is 0 Å². The van der Waals surface area contributed by atoms with Gasteiger partial charge in [0.2, 0.25) is 5.91 Å². The number of nitrogens with one attached hydrogen (secondary N) is 2. The van der Waals surface area contributed by atoms with Crippen molar-refractivity contribution in [2.24, 2.45) is 5.92 Å². The summed E-state index contributed by atoms with van der Waals surface area (Å²) in [4.78, 5) is 23.9. The predicted molar refractivity (Wildman–Crippen MR) is 94.9 cm³/mol. The molecule has 2 N–H and O–H groups in total. The Kier molecular flexibility index (Phi) is 4.65. The van der Waals surface area contributed by atoms with Crippen molar-refractivity contribution in [3.8, 4) is 0 Å². The highest BCUT2D eigenvalue weighted by molar-refractivity contribution is 6.04. The monoisotopic (exact) mass is 322 g/mol. The highest BCUT2D eigenvalue weighted by Crippen LogP contribution is 2.28. The van der Waals surface area contributed by atoms with E-state index in [1.807, 2.05) is 44.2 Å². The van der Waals surface area contributed by atoms with E-state index in [4.69, 9.17) is 0 Å². The van der Waals surface area contributed by atoms with Crippen molar-refractivity contribution < 1.29 is 9.59 Å². The molecule has 0 atom stereocenters. The van der Waals surface area contributed by atoms with Crippen LogP contribution in [0.4, 0.5) is 5.69 Å². The van der Waals surface area contributed by atoms with Gasteiger partial charge in [0.25, 0.3) is 5.91 Å². The SMILES string of the molecule is Cc1ccc(NC(=O)c2ccc(CNC(=O)C3CC3)cc2)cc1C. The zero-order chi connectivity index (χ0) is 17.1. The standard InChI is InChI=1S/C20H22N2O2/c1-13-3-10-18(11-14(13)2)22-20(24)17-6-4-15(5-7-17)12-21-19(23)16-8-9-16/h3-7,10-11,16H,8-9,12H2,1-2H3,(H,21,23)(H,22,24). The smallest absolute Gasteiger partial charge is 0.255 e. The van der Waals surface area contributed by atoms with Crippen molar-refractivity contribution >= 4 is 17.5 Å². The van der Waals surface area contributed by atoms with Gasteiger partial charge in [0.15, 0.2) is 0 Å². The van der Waals surface area contributed by atoms with Gasteiger partial charge in [-0.3, -0.25) is 9.59 Å². The fraction of sp³-hybridized carbons (Fsp3) is 0.300. The third-order valence-electron chi connectivity index (χ3n) is 4.40. The van der Waals surface area contributed by atoms with E-state index < -0.39 is 0 Å². The zero-order valence-corrected chi connectivity index (χ0v) is 14.1. The van der Waals surface area contributed by atoms with Crippen LogP contribution in [0.1, 0.15) is 39.9 Å². The molecule has 0 spiro atoms. The molecule has 2 amide bonds. The number of benzene rings is 2. The van der Waals surface area contributed by atoms with Crippen molar-refractivity contribution in [1.82, 2.24) is 5.32 Å². The Hall–Kier alpha value is -2.62. The van der Waals surface area contributed by atoms with Gasteiger partial charge in [0.05, 0.1) is 0 Å². The molecule has 2 aromatic rings. The Morgan fingerprint density at radius 2 is 1.71 bits per heavy atom. The minimum Gasteiger partial charge on any atom is -0.352 e. The fourth-order valence-corrected chi connectivity index (χ4v) is 2.48. The number of hydrogen-bond acceptors (Lipinski definition) is 2. The van der Waals surface area contributed by atoms with Crippen LogP contribution < -0.4 is 10.6 Å². The molecule has 0 saturated heterocycles. The van der Waals surface area contributed by atoms with Crippen LogP contribution >= 0.6 is 0 Å². The van der Waals surface area contributed by atoms with Gasteiger partial charge >= 0.3 is 0 Å². The van der Waals surface area contributed by atoms with E-state index in [2.05, 4.69) is 10.6 Å². The second kappa shape index (κ2) is 6.87. The van der Waals surface area contributed by atoms with E-state index in [1.165, 1.54) is 5.56 Å². The lowest BCUT2D eigenvalue weighted by atomic mass is 10.1. The third-order valence-corrected chi connectivity index (χ3v) is 4.40. The number of rotatable bonds is 5. The summed E-state index contributed by atoms with van der Waals surface area (Å²) in [6.07, 6.45) is 2.01. The summed E-state index contributed by atoms with van der Waals surface area (Å²) in [7, 11) is 0. The Labute approximate surface area is 142 Å². The average Bonchev–Trinajstić information content (AvgIpc) is 3.41. The lowest BCUT2D eigenvalue weighted by molar-refractivity contribution is -0.122. The molecule has 1 aliphatic rings. The molecule has 3 rings (SSSR count). The van der Waals surface area contributed by atoms with Gasteiger partial charge in [0.1, 0.15) is 0 Å². The average molecular weight is 322 g/mol. The van der Waals surface area contributed by atoms with E-state index in [9.17, 15) is 9.59 Å². The van der Waals surface area contributed by atoms with Crippen LogP contribution in [0.15, 0.2) is 42.5 Å². The van der Waals surface area contributed by atoms with Gasteiger partial charge in [-0.15, -0.1) is 0 Å². The molecule has 1 saturated carbocycles. The summed E-state index contributed by atoms with van der Waals surface area (Å²) in [5, 5.41) is 5.83. The second-order valence-corrected chi connectivity index (χ2v) is 6.44. The van der Waals surface area contributed by atoms with Crippen molar-refractivity contribution in [1.29, 1.82) is 0 Å². The lowest BCUT2D eigenvalue weighted by Gasteiger charge is -2.09. The zero-order valence-electron chi connectivity index (χ0n) is 14.1. The van der Waals surface area contributed by atoms with E-state index in [1.54, 1.807) is 12.1 Å². The lowest BCUT2D eigenvalue weighted by Crippen LogP contribution is -2.24. The van der Waals surface area contributed by atoms with Gasteiger partial charge in [-0.1, -0.05) is 18.2 Å². The topological polar surface area (TPSA) is 58.2 Å². The maximum absolute atomic E-state index is 12.3. The highest BCUT2D eigenvalue weighted by Gasteiger charge is 2.29. The van der Waals surface area contributed by atoms with E-state index in [0.717, 1.165) is 29.7 Å². The Morgan fingerprint density at radius 1 is 1.00 bits per heavy atom. The number of amides is 2. The van der Waals surface area contributed by atoms with Gasteiger partial charge in [-0.05, 0) is 67.6 Å². The molecule has 1 aliphatic carbocycles. The molecule has 0 unspecified atom stereocenters. The number of hydrogen-bond donors (Lipinski definition) is 2. The molecule has 0 radical (unpaired) electrons. The number of aryl methyl sites for hydroxylation is 2. The maximum Gasteiger partial charge on any atom is 0.255 e. The number of anilines is 1. The molecule has 0 bridgehead atoms. The Bertz CT molecular complexity index is 762. The van der Waals surface area contributed by atoms with E-state index >= 15 is 0 Å². The first-order chi connectivity index (χ1) is 11.5. The predicted octanol–water partition coefficient (Wildman–Crippen LogP) is 3.58. The third kappa shape index (κ3) is 4.02. The molecule has 2 aromatic carbocycles. The largest absolute Gasteiger partial charge is 0.352 e. The van der Waals surface area contributed by atoms with Crippen LogP contribution in [0.2, 0.25) is 0 Å². The Balaban J connectivity index is 1.58. The maximum atomic E-state index is 12.3. The van der Waals surface area contributed by atoms with Crippen LogP contribution in [0.25, 0.3) is 0 Å². The fourth-order valence-electron chi connectivity index (χ4n) is 2.48. The molecule has 0 aromatic heterocycles. The molecular formula is C20H22N2O2. The molecule has 1 fully saturated rings. The summed E-state index contributed by atoms with van der Waals surface area (Å²) in [5.74, 6) is 0.214. The van der Waals surface area contributed by atoms with Crippen molar-refractivity contribution in [2.45, 2.75) is 33.2 Å². The Morgan fingerprint density at radius 3 is 2.33 bits per heavy atom. The van der Waals surface area contributed by atoms with Gasteiger partial charge in [0, 0.05) is 23.7 Å². The minimum absolute atomic E-state index is 0.131. The van der Waals surface area contributed by atoms with E-state index in [-0.39, 0.29) is 17.7 Å². The summed E-state index contributed by atoms with van der Waals surface area (Å²) in [6, 6.07) is 13.2. The van der Waals surface area contributed by atoms with E-state index in [0.29, 0.717) is 12.1 Å². The molecule has 4 nitrogen and oxygen atoms in total. The minimum atomic E-state index is -0.133. The molecule has 4 heteroatoms. The van der Waals surface area contributed by atoms with Crippen LogP contribution in [-0.4, -0.2) is 11.8 Å². The van der Waals surface area contributed by atoms with Crippen molar-refractivity contribution in [3.63, 3.8) is 0 Å².